The standard InChI is InChI=1S/C13H15FN4O/c14-11-4-2-1-3-10(11)13-16-12(19-17-13)8-18-6-5-9(15)7-18/h1-4,9H,5-8,15H2. The molecule has 6 heteroatoms. The molecule has 1 aliphatic rings. The summed E-state index contributed by atoms with van der Waals surface area (Å²) in [7, 11) is 0. The van der Waals surface area contributed by atoms with E-state index in [1.54, 1.807) is 18.2 Å². The normalized spacial score (nSPS) is 20.0. The second kappa shape index (κ2) is 5.07. The molecule has 0 spiro atoms. The molecule has 5 nitrogen and oxygen atoms in total. The fourth-order valence-corrected chi connectivity index (χ4v) is 2.27. The second-order valence-corrected chi connectivity index (χ2v) is 4.78. The minimum absolute atomic E-state index is 0.217. The number of halogens is 1. The number of likely N-dealkylation sites (tertiary alicyclic amines) is 1. The minimum atomic E-state index is -0.349. The van der Waals surface area contributed by atoms with Crippen LogP contribution in [0.4, 0.5) is 4.39 Å². The summed E-state index contributed by atoms with van der Waals surface area (Å²) in [6.07, 6.45) is 0.980. The highest BCUT2D eigenvalue weighted by Gasteiger charge is 2.21. The number of nitrogens with zero attached hydrogens (tertiary/aromatic N) is 3. The molecule has 2 aromatic rings. The van der Waals surface area contributed by atoms with E-state index in [4.69, 9.17) is 10.3 Å². The quantitative estimate of drug-likeness (QED) is 0.905. The lowest BCUT2D eigenvalue weighted by Gasteiger charge is -2.10. The molecule has 0 bridgehead atoms. The fraction of sp³-hybridized carbons (Fsp3) is 0.385. The molecule has 1 aliphatic heterocycles. The van der Waals surface area contributed by atoms with E-state index in [1.165, 1.54) is 6.07 Å². The maximum Gasteiger partial charge on any atom is 0.241 e. The Hall–Kier alpha value is -1.79. The van der Waals surface area contributed by atoms with Crippen LogP contribution in [0.15, 0.2) is 28.8 Å². The average Bonchev–Trinajstić information content (AvgIpc) is 3.00. The van der Waals surface area contributed by atoms with Gasteiger partial charge in [0.05, 0.1) is 12.1 Å². The summed E-state index contributed by atoms with van der Waals surface area (Å²) in [5, 5.41) is 3.82. The number of nitrogens with two attached hydrogens (primary N) is 1. The maximum absolute atomic E-state index is 13.6. The zero-order valence-corrected chi connectivity index (χ0v) is 10.4. The molecule has 2 heterocycles. The predicted molar refractivity (Wildman–Crippen MR) is 67.6 cm³/mol. The third-order valence-electron chi connectivity index (χ3n) is 3.25. The molecule has 100 valence electrons. The van der Waals surface area contributed by atoms with E-state index in [0.29, 0.717) is 18.0 Å². The summed E-state index contributed by atoms with van der Waals surface area (Å²) < 4.78 is 18.8. The highest BCUT2D eigenvalue weighted by molar-refractivity contribution is 5.54. The molecule has 2 N–H and O–H groups in total. The summed E-state index contributed by atoms with van der Waals surface area (Å²) in [5.74, 6) is 0.432. The van der Waals surface area contributed by atoms with Crippen molar-refractivity contribution < 1.29 is 8.91 Å². The minimum Gasteiger partial charge on any atom is -0.338 e. The van der Waals surface area contributed by atoms with Gasteiger partial charge in [0, 0.05) is 19.1 Å². The smallest absolute Gasteiger partial charge is 0.241 e. The SMILES string of the molecule is NC1CCN(Cc2nc(-c3ccccc3F)no2)C1. The molecule has 0 saturated carbocycles. The topological polar surface area (TPSA) is 68.2 Å². The highest BCUT2D eigenvalue weighted by Crippen LogP contribution is 2.20. The van der Waals surface area contributed by atoms with Crippen LogP contribution in [0.25, 0.3) is 11.4 Å². The van der Waals surface area contributed by atoms with Crippen molar-refractivity contribution in [2.45, 2.75) is 19.0 Å². The summed E-state index contributed by atoms with van der Waals surface area (Å²) in [6, 6.07) is 6.61. The molecule has 1 fully saturated rings. The van der Waals surface area contributed by atoms with E-state index < -0.39 is 0 Å². The van der Waals surface area contributed by atoms with Crippen LogP contribution in [0.1, 0.15) is 12.3 Å². The van der Waals surface area contributed by atoms with Crippen LogP contribution in [-0.2, 0) is 6.54 Å². The first-order valence-electron chi connectivity index (χ1n) is 6.28. The Morgan fingerprint density at radius 3 is 3.00 bits per heavy atom. The molecule has 1 saturated heterocycles. The van der Waals surface area contributed by atoms with Crippen molar-refractivity contribution in [3.05, 3.63) is 36.0 Å². The number of hydrogen-bond acceptors (Lipinski definition) is 5. The van der Waals surface area contributed by atoms with Gasteiger partial charge in [-0.3, -0.25) is 4.90 Å². The lowest BCUT2D eigenvalue weighted by molar-refractivity contribution is 0.265. The zero-order chi connectivity index (χ0) is 13.2. The third-order valence-corrected chi connectivity index (χ3v) is 3.25. The van der Waals surface area contributed by atoms with Crippen LogP contribution in [0, 0.1) is 5.82 Å². The molecule has 1 unspecified atom stereocenters. The van der Waals surface area contributed by atoms with Crippen molar-refractivity contribution in [3.8, 4) is 11.4 Å². The first kappa shape index (κ1) is 12.3. The fourth-order valence-electron chi connectivity index (χ4n) is 2.27. The monoisotopic (exact) mass is 262 g/mol. The average molecular weight is 262 g/mol. The van der Waals surface area contributed by atoms with E-state index in [0.717, 1.165) is 19.5 Å². The Kier molecular flexibility index (Phi) is 3.27. The molecular weight excluding hydrogens is 247 g/mol. The Balaban J connectivity index is 1.75. The molecule has 19 heavy (non-hydrogen) atoms. The summed E-state index contributed by atoms with van der Waals surface area (Å²) in [4.78, 5) is 6.39. The van der Waals surface area contributed by atoms with E-state index in [9.17, 15) is 4.39 Å². The van der Waals surface area contributed by atoms with Gasteiger partial charge in [-0.2, -0.15) is 4.98 Å². The molecule has 0 radical (unpaired) electrons. The Morgan fingerprint density at radius 1 is 1.42 bits per heavy atom. The van der Waals surface area contributed by atoms with E-state index in [1.807, 2.05) is 0 Å². The van der Waals surface area contributed by atoms with Crippen LogP contribution < -0.4 is 5.73 Å². The van der Waals surface area contributed by atoms with Crippen LogP contribution in [0.5, 0.6) is 0 Å². The number of aromatic nitrogens is 2. The molecule has 3 rings (SSSR count). The van der Waals surface area contributed by atoms with Crippen LogP contribution >= 0.6 is 0 Å². The van der Waals surface area contributed by atoms with Crippen LogP contribution in [0.3, 0.4) is 0 Å². The second-order valence-electron chi connectivity index (χ2n) is 4.78. The van der Waals surface area contributed by atoms with E-state index in [-0.39, 0.29) is 17.7 Å². The van der Waals surface area contributed by atoms with Crippen molar-refractivity contribution in [1.82, 2.24) is 15.0 Å². The van der Waals surface area contributed by atoms with E-state index >= 15 is 0 Å². The van der Waals surface area contributed by atoms with Gasteiger partial charge in [-0.15, -0.1) is 0 Å². The highest BCUT2D eigenvalue weighted by atomic mass is 19.1. The van der Waals surface area contributed by atoms with Gasteiger partial charge in [0.2, 0.25) is 11.7 Å². The van der Waals surface area contributed by atoms with Crippen molar-refractivity contribution in [2.75, 3.05) is 13.1 Å². The van der Waals surface area contributed by atoms with Gasteiger partial charge in [0.1, 0.15) is 5.82 Å². The van der Waals surface area contributed by atoms with E-state index in [2.05, 4.69) is 15.0 Å². The van der Waals surface area contributed by atoms with Gasteiger partial charge in [-0.05, 0) is 18.6 Å². The van der Waals surface area contributed by atoms with Gasteiger partial charge in [0.25, 0.3) is 0 Å². The molecule has 1 aromatic heterocycles. The Bertz CT molecular complexity index is 571. The lowest BCUT2D eigenvalue weighted by Crippen LogP contribution is -2.26. The molecular formula is C13H15FN4O. The first-order valence-corrected chi connectivity index (χ1v) is 6.28. The van der Waals surface area contributed by atoms with Gasteiger partial charge in [-0.1, -0.05) is 17.3 Å². The van der Waals surface area contributed by atoms with Crippen molar-refractivity contribution in [3.63, 3.8) is 0 Å². The zero-order valence-electron chi connectivity index (χ0n) is 10.4. The summed E-state index contributed by atoms with van der Waals surface area (Å²) >= 11 is 0. The molecule has 0 amide bonds. The van der Waals surface area contributed by atoms with Gasteiger partial charge in [-0.25, -0.2) is 4.39 Å². The summed E-state index contributed by atoms with van der Waals surface area (Å²) in [5.41, 5.74) is 6.19. The van der Waals surface area contributed by atoms with Crippen molar-refractivity contribution in [2.24, 2.45) is 5.73 Å². The number of benzene rings is 1. The molecule has 1 aromatic carbocycles. The van der Waals surface area contributed by atoms with Gasteiger partial charge >= 0.3 is 0 Å². The number of hydrogen-bond donors (Lipinski definition) is 1. The van der Waals surface area contributed by atoms with Crippen LogP contribution in [-0.4, -0.2) is 34.2 Å². The maximum atomic E-state index is 13.6. The van der Waals surface area contributed by atoms with Gasteiger partial charge < -0.3 is 10.3 Å². The predicted octanol–water partition coefficient (Wildman–Crippen LogP) is 1.41. The van der Waals surface area contributed by atoms with Crippen molar-refractivity contribution >= 4 is 0 Å². The largest absolute Gasteiger partial charge is 0.338 e. The molecule has 0 aliphatic carbocycles. The first-order chi connectivity index (χ1) is 9.22. The van der Waals surface area contributed by atoms with Gasteiger partial charge in [0.15, 0.2) is 0 Å². The Labute approximate surface area is 110 Å². The number of rotatable bonds is 3. The molecule has 1 atom stereocenters. The van der Waals surface area contributed by atoms with Crippen LogP contribution in [0.2, 0.25) is 0 Å². The van der Waals surface area contributed by atoms with Crippen molar-refractivity contribution in [1.29, 1.82) is 0 Å². The summed E-state index contributed by atoms with van der Waals surface area (Å²) in [6.45, 7) is 2.32. The Morgan fingerprint density at radius 2 is 2.26 bits per heavy atom. The third kappa shape index (κ3) is 2.64. The lowest BCUT2D eigenvalue weighted by atomic mass is 10.2.